The van der Waals surface area contributed by atoms with Gasteiger partial charge in [-0.25, -0.2) is 8.42 Å². The summed E-state index contributed by atoms with van der Waals surface area (Å²) in [4.78, 5) is 40.6. The van der Waals surface area contributed by atoms with Crippen LogP contribution in [0.15, 0.2) is 65.6 Å². The number of hydrogen-bond donors (Lipinski definition) is 0. The summed E-state index contributed by atoms with van der Waals surface area (Å²) in [6.45, 7) is 5.02. The van der Waals surface area contributed by atoms with Crippen molar-refractivity contribution >= 4 is 39.8 Å². The van der Waals surface area contributed by atoms with Crippen LogP contribution in [0.3, 0.4) is 0 Å². The van der Waals surface area contributed by atoms with Gasteiger partial charge in [0.1, 0.15) is 15.9 Å². The topological polar surface area (TPSA) is 136 Å². The van der Waals surface area contributed by atoms with Gasteiger partial charge < -0.3 is 18.8 Å². The van der Waals surface area contributed by atoms with Gasteiger partial charge in [0.15, 0.2) is 12.2 Å². The largest absolute Gasteiger partial charge is 0.744 e. The van der Waals surface area contributed by atoms with Crippen LogP contribution < -0.4 is 4.74 Å². The van der Waals surface area contributed by atoms with Gasteiger partial charge in [-0.15, -0.1) is 11.8 Å². The standard InChI is InChI=1S/C35H32O9S2/c1-15(2)21-14-24(16(3)12-25(21)46(39,40)41)42-34(37)27-28-32-30(44-35(28)38)29(31(27)45-32)43-33(36)23-13-22-17-8-4-6-10-19(17)26(23)20-11-7-5-9-18(20)22/h4-12,14-15,22-23,26-32H,13H2,1-3H3,(H,39,40,41)/p-1. The molecule has 6 aliphatic rings. The smallest absolute Gasteiger partial charge is 0.316 e. The molecule has 46 heavy (non-hydrogen) atoms. The van der Waals surface area contributed by atoms with Gasteiger partial charge >= 0.3 is 17.9 Å². The van der Waals surface area contributed by atoms with Crippen molar-refractivity contribution in [2.75, 3.05) is 0 Å². The van der Waals surface area contributed by atoms with Crippen LogP contribution in [-0.4, -0.2) is 53.6 Å². The second-order valence-corrected chi connectivity index (χ2v) is 15.9. The summed E-state index contributed by atoms with van der Waals surface area (Å²) in [6, 6.07) is 19.1. The first kappa shape index (κ1) is 29.7. The van der Waals surface area contributed by atoms with Crippen LogP contribution in [0, 0.1) is 24.7 Å². The third-order valence-electron chi connectivity index (χ3n) is 10.4. The van der Waals surface area contributed by atoms with E-state index in [0.717, 1.165) is 11.1 Å². The maximum Gasteiger partial charge on any atom is 0.316 e. The minimum absolute atomic E-state index is 0.0720. The summed E-state index contributed by atoms with van der Waals surface area (Å²) in [5.41, 5.74) is 5.26. The summed E-state index contributed by atoms with van der Waals surface area (Å²) in [5, 5.41) is -0.896. The molecule has 3 aliphatic carbocycles. The zero-order valence-electron chi connectivity index (χ0n) is 25.2. The van der Waals surface area contributed by atoms with E-state index in [-0.39, 0.29) is 45.2 Å². The highest BCUT2D eigenvalue weighted by Crippen LogP contribution is 2.60. The number of rotatable bonds is 6. The van der Waals surface area contributed by atoms with E-state index in [1.807, 2.05) is 24.3 Å². The summed E-state index contributed by atoms with van der Waals surface area (Å²) in [7, 11) is -4.75. The van der Waals surface area contributed by atoms with Crippen LogP contribution in [0.25, 0.3) is 0 Å². The monoisotopic (exact) mass is 659 g/mol. The third-order valence-corrected chi connectivity index (χ3v) is 13.1. The Kier molecular flexibility index (Phi) is 6.73. The fraction of sp³-hybridized carbons (Fsp3) is 0.400. The van der Waals surface area contributed by atoms with E-state index in [1.165, 1.54) is 35.0 Å². The molecule has 3 aliphatic heterocycles. The van der Waals surface area contributed by atoms with Crippen molar-refractivity contribution in [1.29, 1.82) is 0 Å². The van der Waals surface area contributed by atoms with E-state index in [9.17, 15) is 27.4 Å². The summed E-state index contributed by atoms with van der Waals surface area (Å²) < 4.78 is 53.5. The minimum atomic E-state index is -4.75. The average Bonchev–Trinajstić information content (AvgIpc) is 3.65. The molecule has 3 aromatic rings. The molecule has 0 spiro atoms. The molecule has 0 radical (unpaired) electrons. The number of esters is 3. The van der Waals surface area contributed by atoms with Crippen LogP contribution in [0.1, 0.15) is 71.4 Å². The molecule has 0 aromatic heterocycles. The Labute approximate surface area is 270 Å². The lowest BCUT2D eigenvalue weighted by Gasteiger charge is -2.44. The zero-order chi connectivity index (χ0) is 32.2. The Morgan fingerprint density at radius 1 is 0.957 bits per heavy atom. The van der Waals surface area contributed by atoms with E-state index in [1.54, 1.807) is 20.8 Å². The molecule has 3 fully saturated rings. The lowest BCUT2D eigenvalue weighted by molar-refractivity contribution is -0.165. The molecule has 0 N–H and O–H groups in total. The summed E-state index contributed by atoms with van der Waals surface area (Å²) in [6.07, 6.45) is -0.845. The van der Waals surface area contributed by atoms with Crippen LogP contribution in [0.5, 0.6) is 5.75 Å². The molecule has 0 saturated carbocycles. The molecule has 4 bridgehead atoms. The Bertz CT molecular complexity index is 1890. The van der Waals surface area contributed by atoms with Crippen molar-refractivity contribution < 1.29 is 41.6 Å². The molecule has 0 amide bonds. The molecule has 3 saturated heterocycles. The van der Waals surface area contributed by atoms with Crippen molar-refractivity contribution in [1.82, 2.24) is 0 Å². The van der Waals surface area contributed by atoms with Gasteiger partial charge in [-0.1, -0.05) is 62.4 Å². The van der Waals surface area contributed by atoms with Gasteiger partial charge in [0.25, 0.3) is 0 Å². The number of hydrogen-bond acceptors (Lipinski definition) is 10. The van der Waals surface area contributed by atoms with Crippen molar-refractivity contribution in [3.8, 4) is 5.75 Å². The number of fused-ring (bicyclic) bond motifs is 2. The van der Waals surface area contributed by atoms with Gasteiger partial charge in [-0.3, -0.25) is 14.4 Å². The maximum atomic E-state index is 14.1. The summed E-state index contributed by atoms with van der Waals surface area (Å²) >= 11 is 1.42. The minimum Gasteiger partial charge on any atom is -0.744 e. The molecule has 7 unspecified atom stereocenters. The molecule has 9 rings (SSSR count). The number of ether oxygens (including phenoxy) is 3. The molecular formula is C35H31O9S2-. The van der Waals surface area contributed by atoms with Gasteiger partial charge in [-0.2, -0.15) is 0 Å². The van der Waals surface area contributed by atoms with Crippen molar-refractivity contribution in [2.24, 2.45) is 17.8 Å². The van der Waals surface area contributed by atoms with Crippen LogP contribution >= 0.6 is 11.8 Å². The number of aryl methyl sites for hydroxylation is 1. The first-order valence-corrected chi connectivity index (χ1v) is 17.9. The molecule has 3 heterocycles. The summed E-state index contributed by atoms with van der Waals surface area (Å²) in [5.74, 6) is -3.96. The van der Waals surface area contributed by atoms with Crippen molar-refractivity contribution in [3.63, 3.8) is 0 Å². The van der Waals surface area contributed by atoms with E-state index < -0.39 is 57.3 Å². The second-order valence-electron chi connectivity index (χ2n) is 13.2. The van der Waals surface area contributed by atoms with Crippen LogP contribution in [-0.2, 0) is 34.0 Å². The number of thioether (sulfide) groups is 1. The Morgan fingerprint density at radius 2 is 1.59 bits per heavy atom. The number of benzene rings is 3. The molecular weight excluding hydrogens is 629 g/mol. The highest BCUT2D eigenvalue weighted by molar-refractivity contribution is 8.01. The Balaban J connectivity index is 1.07. The quantitative estimate of drug-likeness (QED) is 0.206. The maximum absolute atomic E-state index is 14.1. The Hall–Kier alpha value is -3.67. The fourth-order valence-electron chi connectivity index (χ4n) is 8.46. The van der Waals surface area contributed by atoms with E-state index >= 15 is 0 Å². The molecule has 11 heteroatoms. The molecule has 7 atom stereocenters. The van der Waals surface area contributed by atoms with Gasteiger partial charge in [0, 0.05) is 11.8 Å². The third kappa shape index (κ3) is 4.31. The fourth-order valence-corrected chi connectivity index (χ4v) is 11.4. The molecule has 3 aromatic carbocycles. The van der Waals surface area contributed by atoms with Crippen molar-refractivity contribution in [3.05, 3.63) is 94.0 Å². The normalized spacial score (nSPS) is 31.4. The van der Waals surface area contributed by atoms with Crippen LogP contribution in [0.4, 0.5) is 0 Å². The highest BCUT2D eigenvalue weighted by Gasteiger charge is 2.71. The van der Waals surface area contributed by atoms with Gasteiger partial charge in [0.2, 0.25) is 0 Å². The first-order valence-electron chi connectivity index (χ1n) is 15.5. The SMILES string of the molecule is Cc1cc(S(=O)(=O)[O-])c(C(C)C)cc1OC(=O)C1C2SC3C(OC(=O)C31)C2OC(=O)C1CC2c3ccccc3C1c1ccccc12. The second kappa shape index (κ2) is 10.4. The van der Waals surface area contributed by atoms with Gasteiger partial charge in [-0.05, 0) is 64.8 Å². The van der Waals surface area contributed by atoms with Crippen molar-refractivity contribution in [2.45, 2.75) is 72.5 Å². The number of carbonyl (C=O) groups excluding carboxylic acids is 3. The van der Waals surface area contributed by atoms with E-state index in [0.29, 0.717) is 12.0 Å². The zero-order valence-corrected chi connectivity index (χ0v) is 26.9. The molecule has 238 valence electrons. The average molecular weight is 660 g/mol. The highest BCUT2D eigenvalue weighted by atomic mass is 32.2. The van der Waals surface area contributed by atoms with Crippen LogP contribution in [0.2, 0.25) is 0 Å². The van der Waals surface area contributed by atoms with E-state index in [2.05, 4.69) is 24.3 Å². The molecule has 9 nitrogen and oxygen atoms in total. The lowest BCUT2D eigenvalue weighted by Crippen LogP contribution is -2.49. The predicted octanol–water partition coefficient (Wildman–Crippen LogP) is 4.79. The van der Waals surface area contributed by atoms with E-state index in [4.69, 9.17) is 14.2 Å². The first-order chi connectivity index (χ1) is 21.9. The Morgan fingerprint density at radius 3 is 2.20 bits per heavy atom. The number of carbonyl (C=O) groups is 3. The predicted molar refractivity (Wildman–Crippen MR) is 165 cm³/mol. The van der Waals surface area contributed by atoms with Gasteiger partial charge in [0.05, 0.1) is 33.1 Å². The lowest BCUT2D eigenvalue weighted by atomic mass is 9.59.